The zero-order chi connectivity index (χ0) is 21.4. The molecule has 1 N–H and O–H groups in total. The van der Waals surface area contributed by atoms with E-state index in [0.29, 0.717) is 32.4 Å². The van der Waals surface area contributed by atoms with E-state index in [1.807, 2.05) is 55.5 Å². The van der Waals surface area contributed by atoms with Gasteiger partial charge in [0.05, 0.1) is 11.8 Å². The van der Waals surface area contributed by atoms with Crippen LogP contribution in [0.15, 0.2) is 60.7 Å². The van der Waals surface area contributed by atoms with E-state index in [-0.39, 0.29) is 23.6 Å². The SMILES string of the molecule is CCCCS(=O)(=O)N1CCC(C(=O)NC(Cc2ccccc2)c2ccccc2)CC1. The van der Waals surface area contributed by atoms with Crippen LogP contribution in [0.25, 0.3) is 0 Å². The summed E-state index contributed by atoms with van der Waals surface area (Å²) in [5.41, 5.74) is 2.25. The Morgan fingerprint density at radius 3 is 2.23 bits per heavy atom. The van der Waals surface area contributed by atoms with Gasteiger partial charge in [-0.2, -0.15) is 0 Å². The fraction of sp³-hybridized carbons (Fsp3) is 0.458. The van der Waals surface area contributed by atoms with E-state index in [1.165, 1.54) is 5.56 Å². The van der Waals surface area contributed by atoms with Crippen LogP contribution in [0.5, 0.6) is 0 Å². The number of carbonyl (C=O) groups excluding carboxylic acids is 1. The molecule has 3 rings (SSSR count). The van der Waals surface area contributed by atoms with Gasteiger partial charge in [-0.15, -0.1) is 0 Å². The normalized spacial score (nSPS) is 16.8. The first kappa shape index (κ1) is 22.5. The van der Waals surface area contributed by atoms with Gasteiger partial charge in [-0.3, -0.25) is 4.79 Å². The molecular formula is C24H32N2O3S. The van der Waals surface area contributed by atoms with Crippen LogP contribution in [0.3, 0.4) is 0 Å². The monoisotopic (exact) mass is 428 g/mol. The maximum Gasteiger partial charge on any atom is 0.223 e. The van der Waals surface area contributed by atoms with Gasteiger partial charge in [0.2, 0.25) is 15.9 Å². The predicted octanol–water partition coefficient (Wildman–Crippen LogP) is 3.93. The van der Waals surface area contributed by atoms with Crippen LogP contribution in [0.4, 0.5) is 0 Å². The van der Waals surface area contributed by atoms with Crippen LogP contribution in [0, 0.1) is 5.92 Å². The number of benzene rings is 2. The Morgan fingerprint density at radius 2 is 1.63 bits per heavy atom. The Kier molecular flexibility index (Phi) is 8.05. The number of nitrogens with one attached hydrogen (secondary N) is 1. The Morgan fingerprint density at radius 1 is 1.03 bits per heavy atom. The Hall–Kier alpha value is -2.18. The van der Waals surface area contributed by atoms with Gasteiger partial charge in [-0.05, 0) is 36.8 Å². The van der Waals surface area contributed by atoms with Crippen molar-refractivity contribution in [3.63, 3.8) is 0 Å². The number of nitrogens with zero attached hydrogens (tertiary/aromatic N) is 1. The fourth-order valence-corrected chi connectivity index (χ4v) is 5.61. The third-order valence-corrected chi connectivity index (χ3v) is 7.73. The maximum absolute atomic E-state index is 13.0. The molecule has 1 aliphatic heterocycles. The molecule has 0 aliphatic carbocycles. The summed E-state index contributed by atoms with van der Waals surface area (Å²) in [6.45, 7) is 2.85. The van der Waals surface area contributed by atoms with Crippen molar-refractivity contribution in [2.75, 3.05) is 18.8 Å². The molecule has 1 amide bonds. The third-order valence-electron chi connectivity index (χ3n) is 5.78. The van der Waals surface area contributed by atoms with Crippen LogP contribution in [0.1, 0.15) is 49.8 Å². The molecule has 0 saturated carbocycles. The molecule has 1 unspecified atom stereocenters. The molecule has 1 fully saturated rings. The molecule has 0 aromatic heterocycles. The maximum atomic E-state index is 13.0. The standard InChI is InChI=1S/C24H32N2O3S/c1-2-3-18-30(28,29)26-16-14-22(15-17-26)24(27)25-23(21-12-8-5-9-13-21)19-20-10-6-4-7-11-20/h4-13,22-23H,2-3,14-19H2,1H3,(H,25,27). The minimum absolute atomic E-state index is 0.0189. The van der Waals surface area contributed by atoms with Crippen molar-refractivity contribution < 1.29 is 13.2 Å². The third kappa shape index (κ3) is 6.16. The van der Waals surface area contributed by atoms with Gasteiger partial charge in [0.1, 0.15) is 0 Å². The van der Waals surface area contributed by atoms with Crippen molar-refractivity contribution >= 4 is 15.9 Å². The van der Waals surface area contributed by atoms with Crippen molar-refractivity contribution in [2.24, 2.45) is 5.92 Å². The molecule has 1 atom stereocenters. The van der Waals surface area contributed by atoms with Crippen molar-refractivity contribution in [3.05, 3.63) is 71.8 Å². The van der Waals surface area contributed by atoms with Gasteiger partial charge in [0, 0.05) is 19.0 Å². The summed E-state index contributed by atoms with van der Waals surface area (Å²) in [5, 5.41) is 3.23. The van der Waals surface area contributed by atoms with E-state index < -0.39 is 10.0 Å². The summed E-state index contributed by atoms with van der Waals surface area (Å²) in [5.74, 6) is 0.0723. The van der Waals surface area contributed by atoms with Crippen LogP contribution in [0.2, 0.25) is 0 Å². The molecule has 2 aromatic carbocycles. The number of sulfonamides is 1. The predicted molar refractivity (Wildman–Crippen MR) is 120 cm³/mol. The number of hydrogen-bond donors (Lipinski definition) is 1. The van der Waals surface area contributed by atoms with Crippen LogP contribution in [-0.4, -0.2) is 37.5 Å². The molecule has 0 spiro atoms. The molecule has 5 nitrogen and oxygen atoms in total. The summed E-state index contributed by atoms with van der Waals surface area (Å²) in [6.07, 6.45) is 3.41. The molecule has 6 heteroatoms. The van der Waals surface area contributed by atoms with E-state index in [4.69, 9.17) is 0 Å². The second kappa shape index (κ2) is 10.7. The quantitative estimate of drug-likeness (QED) is 0.658. The smallest absolute Gasteiger partial charge is 0.223 e. The molecule has 0 radical (unpaired) electrons. The first-order chi connectivity index (χ1) is 14.5. The minimum Gasteiger partial charge on any atom is -0.349 e. The second-order valence-corrected chi connectivity index (χ2v) is 10.1. The molecule has 1 heterocycles. The van der Waals surface area contributed by atoms with Crippen molar-refractivity contribution in [1.29, 1.82) is 0 Å². The zero-order valence-electron chi connectivity index (χ0n) is 17.7. The largest absolute Gasteiger partial charge is 0.349 e. The van der Waals surface area contributed by atoms with Gasteiger partial charge in [-0.1, -0.05) is 74.0 Å². The first-order valence-corrected chi connectivity index (χ1v) is 12.5. The molecular weight excluding hydrogens is 396 g/mol. The highest BCUT2D eigenvalue weighted by atomic mass is 32.2. The molecule has 30 heavy (non-hydrogen) atoms. The van der Waals surface area contributed by atoms with E-state index in [0.717, 1.165) is 18.4 Å². The Labute approximate surface area is 180 Å². The molecule has 162 valence electrons. The molecule has 0 bridgehead atoms. The summed E-state index contributed by atoms with van der Waals surface area (Å²) < 4.78 is 26.4. The summed E-state index contributed by atoms with van der Waals surface area (Å²) in [6, 6.07) is 20.1. The molecule has 2 aromatic rings. The van der Waals surface area contributed by atoms with E-state index in [2.05, 4.69) is 17.4 Å². The van der Waals surface area contributed by atoms with Crippen LogP contribution >= 0.6 is 0 Å². The fourth-order valence-electron chi connectivity index (χ4n) is 3.93. The highest BCUT2D eigenvalue weighted by molar-refractivity contribution is 7.89. The van der Waals surface area contributed by atoms with E-state index in [1.54, 1.807) is 4.31 Å². The highest BCUT2D eigenvalue weighted by Gasteiger charge is 2.31. The van der Waals surface area contributed by atoms with Crippen LogP contribution < -0.4 is 5.32 Å². The molecule has 1 aliphatic rings. The second-order valence-electron chi connectivity index (χ2n) is 8.00. The summed E-state index contributed by atoms with van der Waals surface area (Å²) in [7, 11) is -3.20. The average Bonchev–Trinajstić information content (AvgIpc) is 2.78. The highest BCUT2D eigenvalue weighted by Crippen LogP contribution is 2.24. The van der Waals surface area contributed by atoms with E-state index in [9.17, 15) is 13.2 Å². The van der Waals surface area contributed by atoms with Crippen LogP contribution in [-0.2, 0) is 21.2 Å². The van der Waals surface area contributed by atoms with Gasteiger partial charge in [-0.25, -0.2) is 12.7 Å². The first-order valence-electron chi connectivity index (χ1n) is 10.9. The Bertz CT molecular complexity index is 893. The minimum atomic E-state index is -3.20. The lowest BCUT2D eigenvalue weighted by Gasteiger charge is -2.31. The molecule has 1 saturated heterocycles. The van der Waals surface area contributed by atoms with Crippen molar-refractivity contribution in [3.8, 4) is 0 Å². The lowest BCUT2D eigenvalue weighted by atomic mass is 9.94. The lowest BCUT2D eigenvalue weighted by molar-refractivity contribution is -0.126. The van der Waals surface area contributed by atoms with Crippen molar-refractivity contribution in [2.45, 2.75) is 45.1 Å². The van der Waals surface area contributed by atoms with Gasteiger partial charge in [0.25, 0.3) is 0 Å². The lowest BCUT2D eigenvalue weighted by Crippen LogP contribution is -2.44. The van der Waals surface area contributed by atoms with E-state index >= 15 is 0 Å². The number of hydrogen-bond acceptors (Lipinski definition) is 3. The topological polar surface area (TPSA) is 66.5 Å². The van der Waals surface area contributed by atoms with Gasteiger partial charge in [0.15, 0.2) is 0 Å². The average molecular weight is 429 g/mol. The van der Waals surface area contributed by atoms with Crippen molar-refractivity contribution in [1.82, 2.24) is 9.62 Å². The summed E-state index contributed by atoms with van der Waals surface area (Å²) in [4.78, 5) is 13.0. The summed E-state index contributed by atoms with van der Waals surface area (Å²) >= 11 is 0. The number of amides is 1. The number of unbranched alkanes of at least 4 members (excludes halogenated alkanes) is 1. The number of piperidine rings is 1. The zero-order valence-corrected chi connectivity index (χ0v) is 18.5. The van der Waals surface area contributed by atoms with Gasteiger partial charge < -0.3 is 5.32 Å². The number of rotatable bonds is 9. The number of carbonyl (C=O) groups is 1. The van der Waals surface area contributed by atoms with Gasteiger partial charge >= 0.3 is 0 Å². The Balaban J connectivity index is 1.62.